The first-order valence-electron chi connectivity index (χ1n) is 7.90. The molecule has 1 atom stereocenters. The molecule has 0 aliphatic carbocycles. The lowest BCUT2D eigenvalue weighted by atomic mass is 9.91. The summed E-state index contributed by atoms with van der Waals surface area (Å²) in [6.45, 7) is 3.58. The van der Waals surface area contributed by atoms with Crippen LogP contribution in [-0.2, 0) is 6.42 Å². The molecule has 2 aromatic heterocycles. The zero-order valence-electron chi connectivity index (χ0n) is 13.5. The Morgan fingerprint density at radius 3 is 2.87 bits per heavy atom. The number of aromatic nitrogens is 4. The van der Waals surface area contributed by atoms with Crippen molar-refractivity contribution in [1.29, 1.82) is 0 Å². The van der Waals surface area contributed by atoms with Gasteiger partial charge >= 0.3 is 6.01 Å². The van der Waals surface area contributed by atoms with E-state index in [9.17, 15) is 4.79 Å². The van der Waals surface area contributed by atoms with Crippen LogP contribution >= 0.6 is 0 Å². The molecule has 3 rings (SSSR count). The van der Waals surface area contributed by atoms with Crippen molar-refractivity contribution >= 4 is 5.91 Å². The molecule has 0 spiro atoms. The first-order chi connectivity index (χ1) is 11.2. The van der Waals surface area contributed by atoms with Crippen molar-refractivity contribution in [3.05, 3.63) is 35.4 Å². The minimum Gasteiger partial charge on any atom is -0.467 e. The molecule has 1 amide bonds. The number of carbonyl (C=O) groups is 1. The molecule has 1 N–H and O–H groups in total. The second-order valence-corrected chi connectivity index (χ2v) is 5.71. The van der Waals surface area contributed by atoms with E-state index in [4.69, 9.17) is 4.74 Å². The zero-order chi connectivity index (χ0) is 16.2. The lowest BCUT2D eigenvalue weighted by Gasteiger charge is -2.32. The van der Waals surface area contributed by atoms with E-state index in [0.29, 0.717) is 18.0 Å². The van der Waals surface area contributed by atoms with Gasteiger partial charge < -0.3 is 9.64 Å². The Labute approximate surface area is 135 Å². The van der Waals surface area contributed by atoms with Crippen LogP contribution < -0.4 is 4.74 Å². The average Bonchev–Trinajstić information content (AvgIpc) is 3.10. The molecule has 122 valence electrons. The number of carbonyl (C=O) groups excluding carboxylic acids is 1. The molecular formula is C16H21N5O2. The Hall–Kier alpha value is -2.44. The fourth-order valence-corrected chi connectivity index (χ4v) is 3.07. The van der Waals surface area contributed by atoms with Crippen molar-refractivity contribution in [2.24, 2.45) is 0 Å². The number of amides is 1. The number of hydrogen-bond donors (Lipinski definition) is 1. The van der Waals surface area contributed by atoms with Gasteiger partial charge in [-0.2, -0.15) is 5.10 Å². The summed E-state index contributed by atoms with van der Waals surface area (Å²) in [4.78, 5) is 22.5. The molecule has 1 aliphatic heterocycles. The summed E-state index contributed by atoms with van der Waals surface area (Å²) in [5, 5.41) is 7.26. The molecule has 1 fully saturated rings. The van der Waals surface area contributed by atoms with Gasteiger partial charge in [0.1, 0.15) is 0 Å². The van der Waals surface area contributed by atoms with E-state index in [2.05, 4.69) is 27.1 Å². The standard InChI is InChI=1S/C16H21N5O2/c1-3-11-9-19-20-14(11)12-5-4-6-21(10-12)15(22)13-7-17-16(23-2)18-8-13/h7-9,12H,3-6,10H2,1-2H3,(H,19,20)/t12-/m1/s1. The zero-order valence-corrected chi connectivity index (χ0v) is 13.5. The molecule has 0 aromatic carbocycles. The van der Waals surface area contributed by atoms with Gasteiger partial charge in [-0.15, -0.1) is 0 Å². The third kappa shape index (κ3) is 3.18. The van der Waals surface area contributed by atoms with E-state index >= 15 is 0 Å². The number of rotatable bonds is 4. The average molecular weight is 315 g/mol. The van der Waals surface area contributed by atoms with E-state index in [1.54, 1.807) is 0 Å². The van der Waals surface area contributed by atoms with E-state index < -0.39 is 0 Å². The van der Waals surface area contributed by atoms with E-state index in [0.717, 1.165) is 31.5 Å². The highest BCUT2D eigenvalue weighted by atomic mass is 16.5. The predicted octanol–water partition coefficient (Wildman–Crippen LogP) is 1.79. The van der Waals surface area contributed by atoms with Gasteiger partial charge in [0.2, 0.25) is 0 Å². The van der Waals surface area contributed by atoms with Crippen LogP contribution in [0.2, 0.25) is 0 Å². The number of piperidine rings is 1. The van der Waals surface area contributed by atoms with Crippen molar-refractivity contribution in [3.63, 3.8) is 0 Å². The molecule has 7 heteroatoms. The number of aromatic amines is 1. The molecule has 0 saturated carbocycles. The van der Waals surface area contributed by atoms with E-state index in [1.807, 2.05) is 11.1 Å². The van der Waals surface area contributed by atoms with Crippen LogP contribution in [0.1, 0.15) is 47.3 Å². The number of H-pyrrole nitrogens is 1. The Morgan fingerprint density at radius 1 is 1.39 bits per heavy atom. The van der Waals surface area contributed by atoms with Crippen molar-refractivity contribution in [1.82, 2.24) is 25.1 Å². The summed E-state index contributed by atoms with van der Waals surface area (Å²) < 4.78 is 4.93. The highest BCUT2D eigenvalue weighted by Crippen LogP contribution is 2.28. The van der Waals surface area contributed by atoms with Gasteiger partial charge in [0.15, 0.2) is 0 Å². The minimum atomic E-state index is -0.0325. The van der Waals surface area contributed by atoms with Crippen LogP contribution in [0.4, 0.5) is 0 Å². The number of hydrogen-bond acceptors (Lipinski definition) is 5. The molecule has 0 unspecified atom stereocenters. The van der Waals surface area contributed by atoms with Gasteiger partial charge in [0, 0.05) is 37.1 Å². The number of nitrogens with one attached hydrogen (secondary N) is 1. The summed E-state index contributed by atoms with van der Waals surface area (Å²) >= 11 is 0. The second kappa shape index (κ2) is 6.76. The lowest BCUT2D eigenvalue weighted by Crippen LogP contribution is -2.39. The van der Waals surface area contributed by atoms with Crippen LogP contribution in [-0.4, -0.2) is 51.2 Å². The molecule has 2 aromatic rings. The normalized spacial score (nSPS) is 18.0. The Morgan fingerprint density at radius 2 is 2.17 bits per heavy atom. The summed E-state index contributed by atoms with van der Waals surface area (Å²) in [7, 11) is 1.50. The number of ether oxygens (including phenoxy) is 1. The van der Waals surface area contributed by atoms with Gasteiger partial charge in [-0.25, -0.2) is 9.97 Å². The van der Waals surface area contributed by atoms with Crippen molar-refractivity contribution in [2.75, 3.05) is 20.2 Å². The largest absolute Gasteiger partial charge is 0.467 e. The summed E-state index contributed by atoms with van der Waals surface area (Å²) in [5.41, 5.74) is 2.89. The third-order valence-corrected chi connectivity index (χ3v) is 4.31. The van der Waals surface area contributed by atoms with E-state index in [1.165, 1.54) is 25.1 Å². The van der Waals surface area contributed by atoms with Gasteiger partial charge in [0.25, 0.3) is 5.91 Å². The summed E-state index contributed by atoms with van der Waals surface area (Å²) in [6, 6.07) is 0.267. The Balaban J connectivity index is 1.73. The molecule has 1 saturated heterocycles. The molecule has 0 radical (unpaired) electrons. The molecule has 7 nitrogen and oxygen atoms in total. The highest BCUT2D eigenvalue weighted by Gasteiger charge is 2.27. The number of nitrogens with zero attached hydrogens (tertiary/aromatic N) is 4. The topological polar surface area (TPSA) is 84.0 Å². The van der Waals surface area contributed by atoms with Crippen LogP contribution in [0, 0.1) is 0 Å². The van der Waals surface area contributed by atoms with Crippen molar-refractivity contribution in [3.8, 4) is 6.01 Å². The monoisotopic (exact) mass is 315 g/mol. The van der Waals surface area contributed by atoms with Crippen molar-refractivity contribution in [2.45, 2.75) is 32.1 Å². The highest BCUT2D eigenvalue weighted by molar-refractivity contribution is 5.93. The number of aryl methyl sites for hydroxylation is 1. The van der Waals surface area contributed by atoms with Crippen LogP contribution in [0.5, 0.6) is 6.01 Å². The second-order valence-electron chi connectivity index (χ2n) is 5.71. The van der Waals surface area contributed by atoms with Crippen LogP contribution in [0.3, 0.4) is 0 Å². The maximum Gasteiger partial charge on any atom is 0.316 e. The number of methoxy groups -OCH3 is 1. The maximum atomic E-state index is 12.6. The maximum absolute atomic E-state index is 12.6. The molecule has 3 heterocycles. The molecule has 0 bridgehead atoms. The van der Waals surface area contributed by atoms with Crippen molar-refractivity contribution < 1.29 is 9.53 Å². The Kier molecular flexibility index (Phi) is 4.55. The van der Waals surface area contributed by atoms with Crippen LogP contribution in [0.15, 0.2) is 18.6 Å². The summed E-state index contributed by atoms with van der Waals surface area (Å²) in [6.07, 6.45) is 7.92. The first-order valence-corrected chi connectivity index (χ1v) is 7.90. The smallest absolute Gasteiger partial charge is 0.316 e. The molecular weight excluding hydrogens is 294 g/mol. The fourth-order valence-electron chi connectivity index (χ4n) is 3.07. The van der Waals surface area contributed by atoms with Crippen LogP contribution in [0.25, 0.3) is 0 Å². The van der Waals surface area contributed by atoms with Gasteiger partial charge in [-0.3, -0.25) is 9.89 Å². The lowest BCUT2D eigenvalue weighted by molar-refractivity contribution is 0.0704. The van der Waals surface area contributed by atoms with Gasteiger partial charge in [-0.05, 0) is 24.8 Å². The molecule has 23 heavy (non-hydrogen) atoms. The van der Waals surface area contributed by atoms with E-state index in [-0.39, 0.29) is 11.9 Å². The predicted molar refractivity (Wildman–Crippen MR) is 84.4 cm³/mol. The van der Waals surface area contributed by atoms with Gasteiger partial charge in [0.05, 0.1) is 18.9 Å². The molecule has 1 aliphatic rings. The first kappa shape index (κ1) is 15.5. The quantitative estimate of drug-likeness (QED) is 0.930. The fraction of sp³-hybridized carbons (Fsp3) is 0.500. The summed E-state index contributed by atoms with van der Waals surface area (Å²) in [5.74, 6) is 0.277. The Bertz CT molecular complexity index is 667. The number of likely N-dealkylation sites (tertiary alicyclic amines) is 1. The third-order valence-electron chi connectivity index (χ3n) is 4.31. The minimum absolute atomic E-state index is 0.0325. The van der Waals surface area contributed by atoms with Gasteiger partial charge in [-0.1, -0.05) is 6.92 Å². The SMILES string of the molecule is CCc1cn[nH]c1[C@@H]1CCCN(C(=O)c2cnc(OC)nc2)C1.